The van der Waals surface area contributed by atoms with Gasteiger partial charge in [-0.25, -0.2) is 14.3 Å². The summed E-state index contributed by atoms with van der Waals surface area (Å²) in [6.07, 6.45) is 2.28. The molecule has 3 aromatic rings. The predicted molar refractivity (Wildman–Crippen MR) is 100 cm³/mol. The molecule has 0 atom stereocenters. The molecule has 2 aromatic heterocycles. The molecule has 0 spiro atoms. The van der Waals surface area contributed by atoms with Crippen molar-refractivity contribution >= 4 is 23.6 Å². The van der Waals surface area contributed by atoms with Crippen LogP contribution in [0.1, 0.15) is 31.3 Å². The number of imidazole rings is 1. The molecule has 3 rings (SSSR count). The molecule has 0 radical (unpaired) electrons. The maximum Gasteiger partial charge on any atom is 0.421 e. The average Bonchev–Trinajstić information content (AvgIpc) is 3.23. The summed E-state index contributed by atoms with van der Waals surface area (Å²) in [6, 6.07) is 10.2. The zero-order valence-electron chi connectivity index (χ0n) is 15.2. The monoisotopic (exact) mass is 368 g/mol. The Kier molecular flexibility index (Phi) is 4.72. The Hall–Kier alpha value is -3.55. The van der Waals surface area contributed by atoms with Crippen molar-refractivity contribution in [3.63, 3.8) is 0 Å². The van der Waals surface area contributed by atoms with E-state index in [1.54, 1.807) is 57.2 Å². The molecule has 2 heterocycles. The number of amides is 1. The van der Waals surface area contributed by atoms with Gasteiger partial charge in [0.15, 0.2) is 5.76 Å². The first-order valence-corrected chi connectivity index (χ1v) is 8.26. The summed E-state index contributed by atoms with van der Waals surface area (Å²) in [6.45, 7) is 5.30. The molecule has 1 aromatic carbocycles. The van der Waals surface area contributed by atoms with Crippen molar-refractivity contribution in [3.05, 3.63) is 54.6 Å². The molecule has 0 unspecified atom stereocenters. The van der Waals surface area contributed by atoms with Gasteiger partial charge < -0.3 is 20.2 Å². The molecule has 0 aliphatic rings. The van der Waals surface area contributed by atoms with Gasteiger partial charge >= 0.3 is 6.09 Å². The van der Waals surface area contributed by atoms with E-state index in [-0.39, 0.29) is 17.6 Å². The zero-order chi connectivity index (χ0) is 19.6. The summed E-state index contributed by atoms with van der Waals surface area (Å²) >= 11 is 0. The molecule has 8 heteroatoms. The summed E-state index contributed by atoms with van der Waals surface area (Å²) in [5.41, 5.74) is 6.80. The highest BCUT2D eigenvalue weighted by atomic mass is 16.6. The number of hydrogen-bond acceptors (Lipinski definition) is 6. The number of nitrogens with zero attached hydrogens (tertiary/aromatic N) is 2. The zero-order valence-corrected chi connectivity index (χ0v) is 15.2. The fourth-order valence-electron chi connectivity index (χ4n) is 2.43. The van der Waals surface area contributed by atoms with Crippen LogP contribution >= 0.6 is 0 Å². The molecule has 0 saturated carbocycles. The van der Waals surface area contributed by atoms with Gasteiger partial charge in [0.05, 0.1) is 18.2 Å². The van der Waals surface area contributed by atoms with E-state index in [4.69, 9.17) is 14.9 Å². The van der Waals surface area contributed by atoms with Crippen LogP contribution in [0.25, 0.3) is 11.3 Å². The fourth-order valence-corrected chi connectivity index (χ4v) is 2.43. The van der Waals surface area contributed by atoms with Crippen LogP contribution in [-0.2, 0) is 4.74 Å². The number of furan rings is 1. The van der Waals surface area contributed by atoms with Gasteiger partial charge in [-0.2, -0.15) is 0 Å². The minimum atomic E-state index is -0.677. The van der Waals surface area contributed by atoms with Crippen molar-refractivity contribution in [2.45, 2.75) is 26.4 Å². The van der Waals surface area contributed by atoms with Gasteiger partial charge in [0.1, 0.15) is 5.60 Å². The molecule has 0 bridgehead atoms. The molecule has 27 heavy (non-hydrogen) atoms. The van der Waals surface area contributed by atoms with Crippen molar-refractivity contribution in [1.82, 2.24) is 9.55 Å². The largest absolute Gasteiger partial charge is 0.459 e. The van der Waals surface area contributed by atoms with E-state index in [0.29, 0.717) is 16.9 Å². The number of hydrogen-bond donors (Lipinski definition) is 2. The Labute approximate surface area is 155 Å². The van der Waals surface area contributed by atoms with Gasteiger partial charge in [-0.05, 0) is 45.0 Å². The third-order valence-corrected chi connectivity index (χ3v) is 3.53. The maximum atomic E-state index is 12.5. The van der Waals surface area contributed by atoms with E-state index in [2.05, 4.69) is 10.3 Å². The number of carbonyl (C=O) groups excluding carboxylic acids is 2. The van der Waals surface area contributed by atoms with Gasteiger partial charge in [0.2, 0.25) is 5.95 Å². The van der Waals surface area contributed by atoms with E-state index in [9.17, 15) is 9.59 Å². The van der Waals surface area contributed by atoms with Crippen LogP contribution in [0.5, 0.6) is 0 Å². The Morgan fingerprint density at radius 2 is 2.00 bits per heavy atom. The van der Waals surface area contributed by atoms with E-state index in [1.165, 1.54) is 17.0 Å². The van der Waals surface area contributed by atoms with E-state index in [1.807, 2.05) is 0 Å². The van der Waals surface area contributed by atoms with E-state index >= 15 is 0 Å². The van der Waals surface area contributed by atoms with Gasteiger partial charge in [-0.3, -0.25) is 4.79 Å². The molecule has 1 amide bonds. The second-order valence-electron chi connectivity index (χ2n) is 6.83. The summed E-state index contributed by atoms with van der Waals surface area (Å²) < 4.78 is 11.7. The van der Waals surface area contributed by atoms with Crippen LogP contribution in [-0.4, -0.2) is 27.2 Å². The predicted octanol–water partition coefficient (Wildman–Crippen LogP) is 3.76. The quantitative estimate of drug-likeness (QED) is 0.728. The highest BCUT2D eigenvalue weighted by Crippen LogP contribution is 2.26. The fraction of sp³-hybridized carbons (Fsp3) is 0.211. The minimum absolute atomic E-state index is 0.0178. The van der Waals surface area contributed by atoms with Crippen molar-refractivity contribution in [1.29, 1.82) is 0 Å². The van der Waals surface area contributed by atoms with Crippen LogP contribution in [0.2, 0.25) is 0 Å². The van der Waals surface area contributed by atoms with Crippen LogP contribution in [0, 0.1) is 0 Å². The molecule has 3 N–H and O–H groups in total. The highest BCUT2D eigenvalue weighted by molar-refractivity contribution is 6.02. The topological polar surface area (TPSA) is 112 Å². The summed E-state index contributed by atoms with van der Waals surface area (Å²) in [5, 5.41) is 2.74. The first-order valence-electron chi connectivity index (χ1n) is 8.26. The number of ether oxygens (including phenoxy) is 1. The lowest BCUT2D eigenvalue weighted by atomic mass is 10.1. The third-order valence-electron chi connectivity index (χ3n) is 3.53. The number of nitrogens with two attached hydrogens (primary N) is 1. The molecule has 8 nitrogen and oxygen atoms in total. The molecule has 140 valence electrons. The number of rotatable bonds is 3. The molecule has 0 aliphatic carbocycles. The number of anilines is 2. The SMILES string of the molecule is CC(C)(C)OC(=O)n1c(-c2cccc(NC(=O)c3ccco3)c2)cnc1N. The molecular weight excluding hydrogens is 348 g/mol. The third kappa shape index (κ3) is 4.17. The van der Waals surface area contributed by atoms with Crippen molar-refractivity contribution < 1.29 is 18.7 Å². The molecule has 0 fully saturated rings. The van der Waals surface area contributed by atoms with Crippen molar-refractivity contribution in [2.75, 3.05) is 11.1 Å². The molecule has 0 aliphatic heterocycles. The number of aromatic nitrogens is 2. The van der Waals surface area contributed by atoms with Crippen molar-refractivity contribution in [3.8, 4) is 11.3 Å². The van der Waals surface area contributed by atoms with Crippen LogP contribution in [0.3, 0.4) is 0 Å². The van der Waals surface area contributed by atoms with Gasteiger partial charge in [-0.15, -0.1) is 0 Å². The Morgan fingerprint density at radius 3 is 2.67 bits per heavy atom. The first kappa shape index (κ1) is 18.2. The Bertz CT molecular complexity index is 968. The van der Waals surface area contributed by atoms with Crippen molar-refractivity contribution in [2.24, 2.45) is 0 Å². The van der Waals surface area contributed by atoms with Gasteiger partial charge in [-0.1, -0.05) is 12.1 Å². The first-order chi connectivity index (χ1) is 12.7. The number of carbonyl (C=O) groups is 2. The lowest BCUT2D eigenvalue weighted by molar-refractivity contribution is 0.0543. The lowest BCUT2D eigenvalue weighted by Crippen LogP contribution is -2.28. The van der Waals surface area contributed by atoms with Crippen LogP contribution < -0.4 is 11.1 Å². The summed E-state index contributed by atoms with van der Waals surface area (Å²) in [5.74, 6) is -0.162. The van der Waals surface area contributed by atoms with Crippen LogP contribution in [0.15, 0.2) is 53.3 Å². The average molecular weight is 368 g/mol. The van der Waals surface area contributed by atoms with Gasteiger partial charge in [0, 0.05) is 11.3 Å². The maximum absolute atomic E-state index is 12.5. The number of nitrogen functional groups attached to an aromatic ring is 1. The second kappa shape index (κ2) is 6.99. The Morgan fingerprint density at radius 1 is 1.22 bits per heavy atom. The van der Waals surface area contributed by atoms with E-state index < -0.39 is 11.7 Å². The standard InChI is InChI=1S/C19H20N4O4/c1-19(2,3)27-18(25)23-14(11-21-17(23)20)12-6-4-7-13(10-12)22-16(24)15-8-5-9-26-15/h4-11H,1-3H3,(H2,20,21)(H,22,24). The van der Waals surface area contributed by atoms with Crippen LogP contribution in [0.4, 0.5) is 16.4 Å². The van der Waals surface area contributed by atoms with Gasteiger partial charge in [0.25, 0.3) is 5.91 Å². The lowest BCUT2D eigenvalue weighted by Gasteiger charge is -2.20. The highest BCUT2D eigenvalue weighted by Gasteiger charge is 2.23. The molecular formula is C19H20N4O4. The number of benzene rings is 1. The smallest absolute Gasteiger partial charge is 0.421 e. The van der Waals surface area contributed by atoms with E-state index in [0.717, 1.165) is 0 Å². The molecule has 0 saturated heterocycles. The second-order valence-corrected chi connectivity index (χ2v) is 6.83. The number of nitrogens with one attached hydrogen (secondary N) is 1. The Balaban J connectivity index is 1.89. The normalized spacial score (nSPS) is 11.2. The summed E-state index contributed by atoms with van der Waals surface area (Å²) in [7, 11) is 0. The minimum Gasteiger partial charge on any atom is -0.459 e. The summed E-state index contributed by atoms with van der Waals surface area (Å²) in [4.78, 5) is 28.6.